The number of hydrogen-bond donors (Lipinski definition) is 2. The van der Waals surface area contributed by atoms with Crippen molar-refractivity contribution in [2.75, 3.05) is 17.6 Å². The van der Waals surface area contributed by atoms with Gasteiger partial charge >= 0.3 is 0 Å². The average Bonchev–Trinajstić information content (AvgIpc) is 2.89. The van der Waals surface area contributed by atoms with Crippen LogP contribution in [-0.2, 0) is 6.42 Å². The van der Waals surface area contributed by atoms with Crippen molar-refractivity contribution < 1.29 is 0 Å². The molecule has 1 atom stereocenters. The highest BCUT2D eigenvalue weighted by atomic mass is 15.4. The second-order valence-corrected chi connectivity index (χ2v) is 6.30. The third-order valence-corrected chi connectivity index (χ3v) is 4.10. The van der Waals surface area contributed by atoms with Gasteiger partial charge in [0.05, 0.1) is 11.7 Å². The number of aromatic nitrogens is 2. The molecule has 2 aromatic rings. The van der Waals surface area contributed by atoms with Crippen molar-refractivity contribution in [1.82, 2.24) is 9.78 Å². The maximum absolute atomic E-state index is 5.79. The van der Waals surface area contributed by atoms with Crippen LogP contribution in [0.4, 0.5) is 11.5 Å². The predicted octanol–water partition coefficient (Wildman–Crippen LogP) is 3.46. The molecular weight excluding hydrogens is 260 g/mol. The Morgan fingerprint density at radius 3 is 2.81 bits per heavy atom. The lowest BCUT2D eigenvalue weighted by atomic mass is 10.0. The molecular formula is C17H24N4. The van der Waals surface area contributed by atoms with Crippen LogP contribution in [0.15, 0.2) is 30.3 Å². The van der Waals surface area contributed by atoms with Crippen LogP contribution in [0.2, 0.25) is 0 Å². The van der Waals surface area contributed by atoms with E-state index in [1.165, 1.54) is 17.7 Å². The normalized spacial score (nSPS) is 17.6. The van der Waals surface area contributed by atoms with E-state index < -0.39 is 0 Å². The molecule has 3 rings (SSSR count). The van der Waals surface area contributed by atoms with Crippen LogP contribution in [0.25, 0.3) is 0 Å². The van der Waals surface area contributed by atoms with Crippen LogP contribution in [0.3, 0.4) is 0 Å². The number of hydrogen-bond acceptors (Lipinski definition) is 3. The molecule has 4 heteroatoms. The first-order chi connectivity index (χ1) is 10.1. The number of nitrogens with one attached hydrogen (secondary N) is 1. The number of nitrogens with two attached hydrogens (primary N) is 1. The molecule has 0 bridgehead atoms. The van der Waals surface area contributed by atoms with Gasteiger partial charge in [0, 0.05) is 18.3 Å². The Morgan fingerprint density at radius 1 is 1.33 bits per heavy atom. The highest BCUT2D eigenvalue weighted by Gasteiger charge is 2.23. The zero-order chi connectivity index (χ0) is 14.8. The summed E-state index contributed by atoms with van der Waals surface area (Å²) in [7, 11) is 0. The van der Waals surface area contributed by atoms with Crippen molar-refractivity contribution >= 4 is 11.5 Å². The van der Waals surface area contributed by atoms with Gasteiger partial charge in [-0.1, -0.05) is 26.0 Å². The van der Waals surface area contributed by atoms with Crippen LogP contribution < -0.4 is 11.1 Å². The zero-order valence-corrected chi connectivity index (χ0v) is 12.8. The smallest absolute Gasteiger partial charge is 0.125 e. The van der Waals surface area contributed by atoms with Crippen molar-refractivity contribution in [2.24, 2.45) is 5.92 Å². The molecule has 1 aromatic heterocycles. The molecule has 1 aliphatic heterocycles. The number of benzene rings is 1. The Kier molecular flexibility index (Phi) is 3.86. The zero-order valence-electron chi connectivity index (χ0n) is 12.8. The van der Waals surface area contributed by atoms with Crippen LogP contribution >= 0.6 is 0 Å². The first-order valence-corrected chi connectivity index (χ1v) is 7.81. The molecule has 0 spiro atoms. The summed E-state index contributed by atoms with van der Waals surface area (Å²) in [6.07, 6.45) is 3.29. The quantitative estimate of drug-likeness (QED) is 0.845. The number of nitrogens with zero attached hydrogens (tertiary/aromatic N) is 2. The number of rotatable bonds is 4. The lowest BCUT2D eigenvalue weighted by Crippen LogP contribution is -2.24. The summed E-state index contributed by atoms with van der Waals surface area (Å²) < 4.78 is 2.14. The molecule has 0 aliphatic carbocycles. The first kappa shape index (κ1) is 14.0. The van der Waals surface area contributed by atoms with Crippen molar-refractivity contribution in [3.63, 3.8) is 0 Å². The summed E-state index contributed by atoms with van der Waals surface area (Å²) in [6, 6.07) is 10.7. The maximum atomic E-state index is 5.79. The van der Waals surface area contributed by atoms with Gasteiger partial charge in [0.1, 0.15) is 5.82 Å². The first-order valence-electron chi connectivity index (χ1n) is 7.81. The second kappa shape index (κ2) is 5.80. The molecule has 1 unspecified atom stereocenters. The summed E-state index contributed by atoms with van der Waals surface area (Å²) in [4.78, 5) is 0. The Bertz CT molecular complexity index is 598. The minimum atomic E-state index is 0.314. The van der Waals surface area contributed by atoms with Crippen LogP contribution in [0.5, 0.6) is 0 Å². The topological polar surface area (TPSA) is 55.9 Å². The van der Waals surface area contributed by atoms with Gasteiger partial charge < -0.3 is 11.1 Å². The summed E-state index contributed by atoms with van der Waals surface area (Å²) >= 11 is 0. The van der Waals surface area contributed by atoms with Gasteiger partial charge in [-0.2, -0.15) is 5.10 Å². The SMILES string of the molecule is CC(C)CCc1cc2n(n1)C(c1ccc(N)cc1)CCN2. The van der Waals surface area contributed by atoms with E-state index in [2.05, 4.69) is 42.0 Å². The average molecular weight is 284 g/mol. The maximum Gasteiger partial charge on any atom is 0.125 e. The Labute approximate surface area is 126 Å². The second-order valence-electron chi connectivity index (χ2n) is 6.30. The minimum Gasteiger partial charge on any atom is -0.399 e. The summed E-state index contributed by atoms with van der Waals surface area (Å²) in [5.41, 5.74) is 9.07. The molecule has 3 N–H and O–H groups in total. The third kappa shape index (κ3) is 3.04. The fourth-order valence-corrected chi connectivity index (χ4v) is 2.86. The molecule has 0 saturated carbocycles. The minimum absolute atomic E-state index is 0.314. The van der Waals surface area contributed by atoms with Crippen LogP contribution in [0, 0.1) is 5.92 Å². The van der Waals surface area contributed by atoms with Gasteiger partial charge in [-0.25, -0.2) is 4.68 Å². The van der Waals surface area contributed by atoms with Crippen molar-refractivity contribution in [3.8, 4) is 0 Å². The van der Waals surface area contributed by atoms with Crippen molar-refractivity contribution in [2.45, 2.75) is 39.2 Å². The molecule has 1 aliphatic rings. The molecule has 1 aromatic carbocycles. The van der Waals surface area contributed by atoms with E-state index in [-0.39, 0.29) is 0 Å². The summed E-state index contributed by atoms with van der Waals surface area (Å²) in [5, 5.41) is 8.28. The lowest BCUT2D eigenvalue weighted by molar-refractivity contribution is 0.475. The highest BCUT2D eigenvalue weighted by molar-refractivity contribution is 5.44. The number of nitrogen functional groups attached to an aromatic ring is 1. The number of fused-ring (bicyclic) bond motifs is 1. The molecule has 0 amide bonds. The fraction of sp³-hybridized carbons (Fsp3) is 0.471. The summed E-state index contributed by atoms with van der Waals surface area (Å²) in [6.45, 7) is 5.50. The molecule has 0 fully saturated rings. The highest BCUT2D eigenvalue weighted by Crippen LogP contribution is 2.30. The van der Waals surface area contributed by atoms with Gasteiger partial charge in [-0.15, -0.1) is 0 Å². The summed E-state index contributed by atoms with van der Waals surface area (Å²) in [5.74, 6) is 1.85. The molecule has 21 heavy (non-hydrogen) atoms. The molecule has 112 valence electrons. The van der Waals surface area contributed by atoms with E-state index in [1.807, 2.05) is 12.1 Å². The van der Waals surface area contributed by atoms with Gasteiger partial charge in [-0.05, 0) is 42.9 Å². The Hall–Kier alpha value is -1.97. The van der Waals surface area contributed by atoms with E-state index >= 15 is 0 Å². The standard InChI is InChI=1S/C17H24N4/c1-12(2)3-8-15-11-17-19-10-9-16(21(17)20-15)13-4-6-14(18)7-5-13/h4-7,11-12,16,19H,3,8-10,18H2,1-2H3. The monoisotopic (exact) mass is 284 g/mol. The van der Waals surface area contributed by atoms with Gasteiger partial charge in [0.25, 0.3) is 0 Å². The number of aryl methyl sites for hydroxylation is 1. The predicted molar refractivity (Wildman–Crippen MR) is 87.5 cm³/mol. The molecule has 0 radical (unpaired) electrons. The van der Waals surface area contributed by atoms with Gasteiger partial charge in [-0.3, -0.25) is 0 Å². The van der Waals surface area contributed by atoms with Crippen LogP contribution in [0.1, 0.15) is 44.0 Å². The van der Waals surface area contributed by atoms with Crippen molar-refractivity contribution in [1.29, 1.82) is 0 Å². The van der Waals surface area contributed by atoms with E-state index in [1.54, 1.807) is 0 Å². The Morgan fingerprint density at radius 2 is 2.10 bits per heavy atom. The van der Waals surface area contributed by atoms with Crippen LogP contribution in [-0.4, -0.2) is 16.3 Å². The molecule has 2 heterocycles. The van der Waals surface area contributed by atoms with Gasteiger partial charge in [0.2, 0.25) is 0 Å². The third-order valence-electron chi connectivity index (χ3n) is 4.10. The largest absolute Gasteiger partial charge is 0.399 e. The number of anilines is 2. The van der Waals surface area contributed by atoms with E-state index in [4.69, 9.17) is 10.8 Å². The van der Waals surface area contributed by atoms with E-state index in [0.29, 0.717) is 12.0 Å². The lowest BCUT2D eigenvalue weighted by Gasteiger charge is -2.26. The van der Waals surface area contributed by atoms with Crippen molar-refractivity contribution in [3.05, 3.63) is 41.6 Å². The van der Waals surface area contributed by atoms with E-state index in [9.17, 15) is 0 Å². The van der Waals surface area contributed by atoms with Gasteiger partial charge in [0.15, 0.2) is 0 Å². The molecule has 0 saturated heterocycles. The Balaban J connectivity index is 1.85. The van der Waals surface area contributed by atoms with E-state index in [0.717, 1.165) is 30.9 Å². The fourth-order valence-electron chi connectivity index (χ4n) is 2.86. The molecule has 4 nitrogen and oxygen atoms in total.